The molecule has 0 radical (unpaired) electrons. The minimum atomic E-state index is -1.23. The Bertz CT molecular complexity index is 59.8. The van der Waals surface area contributed by atoms with Gasteiger partial charge in [-0.2, -0.15) is 0 Å². The summed E-state index contributed by atoms with van der Waals surface area (Å²) in [5.74, 6) is -1.23. The van der Waals surface area contributed by atoms with E-state index in [0.29, 0.717) is 0 Å². The maximum Gasteiger partial charge on any atom is 0.0702 e. The van der Waals surface area contributed by atoms with E-state index in [2.05, 4.69) is 0 Å². The van der Waals surface area contributed by atoms with Crippen LogP contribution in [0.15, 0.2) is 0 Å². The standard InChI is InChI=1S/C3H5ClO2/c1-2(4)3(5)6/h2H,1H3,(H,5,6)/p-1/t2-/m0/s1. The van der Waals surface area contributed by atoms with Crippen LogP contribution < -0.4 is 5.11 Å². The molecule has 3 heteroatoms. The predicted octanol–water partition coefficient (Wildman–Crippen LogP) is -0.636. The molecular formula is C3H4ClO2-. The van der Waals surface area contributed by atoms with Crippen LogP contribution in [0.5, 0.6) is 0 Å². The fourth-order valence-corrected chi connectivity index (χ4v) is 0. The second-order valence-electron chi connectivity index (χ2n) is 0.935. The summed E-state index contributed by atoms with van der Waals surface area (Å²) >= 11 is 4.95. The Morgan fingerprint density at radius 2 is 2.17 bits per heavy atom. The van der Waals surface area contributed by atoms with Crippen molar-refractivity contribution in [2.24, 2.45) is 0 Å². The normalized spacial score (nSPS) is 13.7. The summed E-state index contributed by atoms with van der Waals surface area (Å²) in [5, 5.41) is 8.59. The van der Waals surface area contributed by atoms with Crippen molar-refractivity contribution in [2.75, 3.05) is 0 Å². The van der Waals surface area contributed by atoms with E-state index in [1.54, 1.807) is 0 Å². The SMILES string of the molecule is C[C@H](Cl)C(=O)[O-]. The van der Waals surface area contributed by atoms with E-state index in [4.69, 9.17) is 11.6 Å². The van der Waals surface area contributed by atoms with Crippen LogP contribution in [0.4, 0.5) is 0 Å². The third-order valence-electron chi connectivity index (χ3n) is 0.325. The number of halogens is 1. The van der Waals surface area contributed by atoms with Crippen LogP contribution in [-0.4, -0.2) is 11.3 Å². The number of hydrogen-bond acceptors (Lipinski definition) is 2. The first-order valence-electron chi connectivity index (χ1n) is 1.49. The van der Waals surface area contributed by atoms with E-state index in [0.717, 1.165) is 0 Å². The fraction of sp³-hybridized carbons (Fsp3) is 0.667. The Hall–Kier alpha value is -0.240. The van der Waals surface area contributed by atoms with Crippen LogP contribution in [0.3, 0.4) is 0 Å². The van der Waals surface area contributed by atoms with Crippen molar-refractivity contribution < 1.29 is 9.90 Å². The van der Waals surface area contributed by atoms with Gasteiger partial charge in [0.25, 0.3) is 0 Å². The first-order chi connectivity index (χ1) is 2.64. The van der Waals surface area contributed by atoms with E-state index in [9.17, 15) is 9.90 Å². The number of rotatable bonds is 1. The first kappa shape index (κ1) is 5.76. The molecule has 0 aromatic heterocycles. The maximum atomic E-state index is 9.46. The van der Waals surface area contributed by atoms with Crippen molar-refractivity contribution in [3.05, 3.63) is 0 Å². The monoisotopic (exact) mass is 107 g/mol. The lowest BCUT2D eigenvalue weighted by Crippen LogP contribution is -2.29. The lowest BCUT2D eigenvalue weighted by atomic mass is 10.5. The van der Waals surface area contributed by atoms with Gasteiger partial charge in [-0.3, -0.25) is 0 Å². The fourth-order valence-electron chi connectivity index (χ4n) is 0. The molecule has 0 aromatic rings. The first-order valence-corrected chi connectivity index (χ1v) is 1.93. The second-order valence-corrected chi connectivity index (χ2v) is 1.59. The molecule has 0 heterocycles. The molecule has 0 aliphatic heterocycles. The minimum Gasteiger partial charge on any atom is -0.549 e. The van der Waals surface area contributed by atoms with Gasteiger partial charge in [0.1, 0.15) is 0 Å². The smallest absolute Gasteiger partial charge is 0.0702 e. The average molecular weight is 108 g/mol. The number of alkyl halides is 1. The van der Waals surface area contributed by atoms with Crippen LogP contribution in [0, 0.1) is 0 Å². The lowest BCUT2D eigenvalue weighted by Gasteiger charge is -1.98. The van der Waals surface area contributed by atoms with Crippen molar-refractivity contribution in [1.29, 1.82) is 0 Å². The van der Waals surface area contributed by atoms with Crippen molar-refractivity contribution in [1.82, 2.24) is 0 Å². The number of hydrogen-bond donors (Lipinski definition) is 0. The molecule has 0 saturated carbocycles. The molecule has 0 N–H and O–H groups in total. The van der Waals surface area contributed by atoms with Crippen molar-refractivity contribution in [2.45, 2.75) is 12.3 Å². The summed E-state index contributed by atoms with van der Waals surface area (Å²) < 4.78 is 0. The molecule has 1 atom stereocenters. The molecule has 36 valence electrons. The van der Waals surface area contributed by atoms with E-state index in [1.165, 1.54) is 6.92 Å². The quantitative estimate of drug-likeness (QED) is 0.419. The summed E-state index contributed by atoms with van der Waals surface area (Å²) in [6, 6.07) is 0. The van der Waals surface area contributed by atoms with Gasteiger partial charge in [-0.15, -0.1) is 11.6 Å². The lowest BCUT2D eigenvalue weighted by molar-refractivity contribution is -0.304. The molecular weight excluding hydrogens is 103 g/mol. The van der Waals surface area contributed by atoms with Crippen molar-refractivity contribution >= 4 is 17.6 Å². The predicted molar refractivity (Wildman–Crippen MR) is 20.3 cm³/mol. The van der Waals surface area contributed by atoms with Crippen molar-refractivity contribution in [3.8, 4) is 0 Å². The largest absolute Gasteiger partial charge is 0.549 e. The topological polar surface area (TPSA) is 40.1 Å². The number of carboxylic acids is 1. The molecule has 0 fully saturated rings. The second kappa shape index (κ2) is 2.03. The third-order valence-corrected chi connectivity index (χ3v) is 0.503. The molecule has 0 amide bonds. The number of carbonyl (C=O) groups is 1. The molecule has 0 aromatic carbocycles. The summed E-state index contributed by atoms with van der Waals surface area (Å²) in [6.07, 6.45) is 0. The molecule has 0 aliphatic rings. The van der Waals surface area contributed by atoms with Crippen molar-refractivity contribution in [3.63, 3.8) is 0 Å². The highest BCUT2D eigenvalue weighted by Crippen LogP contribution is 1.86. The van der Waals surface area contributed by atoms with E-state index in [1.807, 2.05) is 0 Å². The zero-order chi connectivity index (χ0) is 5.15. The number of carboxylic acid groups (broad SMARTS) is 1. The van der Waals surface area contributed by atoms with Crippen LogP contribution >= 0.6 is 11.6 Å². The van der Waals surface area contributed by atoms with Crippen LogP contribution in [-0.2, 0) is 4.79 Å². The molecule has 0 rings (SSSR count). The highest BCUT2D eigenvalue weighted by atomic mass is 35.5. The van der Waals surface area contributed by atoms with Gasteiger partial charge in [-0.1, -0.05) is 0 Å². The zero-order valence-corrected chi connectivity index (χ0v) is 4.03. The number of aliphatic carboxylic acids is 1. The van der Waals surface area contributed by atoms with E-state index < -0.39 is 11.3 Å². The van der Waals surface area contributed by atoms with E-state index >= 15 is 0 Å². The van der Waals surface area contributed by atoms with Gasteiger partial charge >= 0.3 is 0 Å². The molecule has 0 aliphatic carbocycles. The van der Waals surface area contributed by atoms with Gasteiger partial charge in [0, 0.05) is 0 Å². The Morgan fingerprint density at radius 1 is 2.00 bits per heavy atom. The van der Waals surface area contributed by atoms with Gasteiger partial charge < -0.3 is 9.90 Å². The molecule has 0 spiro atoms. The van der Waals surface area contributed by atoms with Crippen LogP contribution in [0.1, 0.15) is 6.92 Å². The Balaban J connectivity index is 3.26. The summed E-state index contributed by atoms with van der Waals surface area (Å²) in [6.45, 7) is 1.34. The summed E-state index contributed by atoms with van der Waals surface area (Å²) in [4.78, 5) is 9.46. The average Bonchev–Trinajstić information content (AvgIpc) is 1.36. The highest BCUT2D eigenvalue weighted by molar-refractivity contribution is 6.28. The van der Waals surface area contributed by atoms with Crippen LogP contribution in [0.2, 0.25) is 0 Å². The number of carbonyl (C=O) groups excluding carboxylic acids is 1. The molecule has 6 heavy (non-hydrogen) atoms. The van der Waals surface area contributed by atoms with Gasteiger partial charge in [-0.25, -0.2) is 0 Å². The molecule has 0 unspecified atom stereocenters. The maximum absolute atomic E-state index is 9.46. The Labute approximate surface area is 40.7 Å². The molecule has 0 saturated heterocycles. The molecule has 0 bridgehead atoms. The Morgan fingerprint density at radius 3 is 2.17 bits per heavy atom. The van der Waals surface area contributed by atoms with Crippen LogP contribution in [0.25, 0.3) is 0 Å². The van der Waals surface area contributed by atoms with Gasteiger partial charge in [-0.05, 0) is 6.92 Å². The highest BCUT2D eigenvalue weighted by Gasteiger charge is 1.90. The minimum absolute atomic E-state index is 0.870. The van der Waals surface area contributed by atoms with Gasteiger partial charge in [0.05, 0.1) is 11.3 Å². The Kier molecular flexibility index (Phi) is 1.95. The molecule has 2 nitrogen and oxygen atoms in total. The van der Waals surface area contributed by atoms with E-state index in [-0.39, 0.29) is 0 Å². The zero-order valence-electron chi connectivity index (χ0n) is 3.27. The third kappa shape index (κ3) is 2.03. The van der Waals surface area contributed by atoms with Gasteiger partial charge in [0.2, 0.25) is 0 Å². The van der Waals surface area contributed by atoms with Gasteiger partial charge in [0.15, 0.2) is 0 Å². The summed E-state index contributed by atoms with van der Waals surface area (Å²) in [7, 11) is 0. The summed E-state index contributed by atoms with van der Waals surface area (Å²) in [5.41, 5.74) is 0.